The lowest BCUT2D eigenvalue weighted by atomic mass is 10.8. The highest BCUT2D eigenvalue weighted by Crippen LogP contribution is 2.05. The van der Waals surface area contributed by atoms with Crippen LogP contribution in [-0.4, -0.2) is 12.3 Å². The zero-order valence-electron chi connectivity index (χ0n) is 4.20. The second-order valence-corrected chi connectivity index (χ2v) is 2.71. The van der Waals surface area contributed by atoms with Crippen LogP contribution < -0.4 is 0 Å². The van der Waals surface area contributed by atoms with Crippen molar-refractivity contribution in [3.63, 3.8) is 0 Å². The topological polar surface area (TPSA) is 0 Å². The van der Waals surface area contributed by atoms with Crippen molar-refractivity contribution >= 4 is 8.58 Å². The predicted molar refractivity (Wildman–Crippen MR) is 33.9 cm³/mol. The van der Waals surface area contributed by atoms with Crippen LogP contribution in [0, 0.1) is 0 Å². The Balaban J connectivity index is 2.49. The highest BCUT2D eigenvalue weighted by Gasteiger charge is 1.70. The van der Waals surface area contributed by atoms with E-state index in [-0.39, 0.29) is 0 Å². The van der Waals surface area contributed by atoms with E-state index in [1.54, 1.807) is 0 Å². The molecule has 0 rings (SSSR count). The largest absolute Gasteiger partial charge is 0.119 e. The van der Waals surface area contributed by atoms with Gasteiger partial charge in [-0.15, -0.1) is 15.2 Å². The molecule has 0 radical (unpaired) electrons. The van der Waals surface area contributed by atoms with Gasteiger partial charge in [-0.25, -0.2) is 0 Å². The normalized spacial score (nSPS) is 10.2. The summed E-state index contributed by atoms with van der Waals surface area (Å²) < 4.78 is 0. The zero-order valence-corrected chi connectivity index (χ0v) is 5.20. The number of allylic oxidation sites excluding steroid dienone is 1. The lowest BCUT2D eigenvalue weighted by Gasteiger charge is -1.83. The van der Waals surface area contributed by atoms with Crippen molar-refractivity contribution in [3.05, 3.63) is 12.7 Å². The van der Waals surface area contributed by atoms with Gasteiger partial charge >= 0.3 is 0 Å². The third kappa shape index (κ3) is 4.17. The Morgan fingerprint density at radius 2 is 2.50 bits per heavy atom. The van der Waals surface area contributed by atoms with Crippen molar-refractivity contribution < 1.29 is 0 Å². The van der Waals surface area contributed by atoms with Gasteiger partial charge in [0.05, 0.1) is 0 Å². The first-order valence-electron chi connectivity index (χ1n) is 2.23. The maximum absolute atomic E-state index is 3.61. The Morgan fingerprint density at radius 3 is 2.67 bits per heavy atom. The van der Waals surface area contributed by atoms with E-state index in [1.807, 2.05) is 6.08 Å². The van der Waals surface area contributed by atoms with E-state index in [1.165, 1.54) is 12.3 Å². The molecule has 0 aromatic rings. The summed E-state index contributed by atoms with van der Waals surface area (Å²) in [4.78, 5) is 0. The highest BCUT2D eigenvalue weighted by atomic mass is 31.1. The first-order valence-corrected chi connectivity index (χ1v) is 3.64. The van der Waals surface area contributed by atoms with Crippen molar-refractivity contribution in [1.82, 2.24) is 0 Å². The van der Waals surface area contributed by atoms with Crippen molar-refractivity contribution in [2.24, 2.45) is 0 Å². The SMILES string of the molecule is C=CCPCC. The lowest BCUT2D eigenvalue weighted by molar-refractivity contribution is 1.50. The van der Waals surface area contributed by atoms with Gasteiger partial charge in [-0.05, 0) is 12.3 Å². The van der Waals surface area contributed by atoms with Gasteiger partial charge in [0.15, 0.2) is 0 Å². The fraction of sp³-hybridized carbons (Fsp3) is 0.600. The molecule has 0 aliphatic carbocycles. The van der Waals surface area contributed by atoms with Crippen LogP contribution in [0.5, 0.6) is 0 Å². The Bertz CT molecular complexity index is 32.9. The average molecular weight is 102 g/mol. The lowest BCUT2D eigenvalue weighted by Crippen LogP contribution is -1.63. The standard InChI is InChI=1S/C5H11P/c1-3-5-6-4-2/h3,6H,1,4-5H2,2H3. The molecule has 0 N–H and O–H groups in total. The number of rotatable bonds is 3. The fourth-order valence-electron chi connectivity index (χ4n) is 0.246. The molecule has 0 amide bonds. The molecule has 1 heteroatoms. The van der Waals surface area contributed by atoms with Crippen LogP contribution in [-0.2, 0) is 0 Å². The predicted octanol–water partition coefficient (Wildman–Crippen LogP) is 1.87. The molecule has 0 fully saturated rings. The van der Waals surface area contributed by atoms with E-state index in [4.69, 9.17) is 0 Å². The minimum atomic E-state index is 1.10. The van der Waals surface area contributed by atoms with Crippen LogP contribution in [0.2, 0.25) is 0 Å². The summed E-state index contributed by atoms with van der Waals surface area (Å²) in [5.41, 5.74) is 0. The number of hydrogen-bond donors (Lipinski definition) is 0. The van der Waals surface area contributed by atoms with Crippen molar-refractivity contribution in [1.29, 1.82) is 0 Å². The minimum Gasteiger partial charge on any atom is -0.119 e. The minimum absolute atomic E-state index is 1.10. The van der Waals surface area contributed by atoms with Gasteiger partial charge in [-0.2, -0.15) is 0 Å². The third-order valence-electron chi connectivity index (χ3n) is 0.539. The van der Waals surface area contributed by atoms with Crippen LogP contribution in [0.25, 0.3) is 0 Å². The highest BCUT2D eigenvalue weighted by molar-refractivity contribution is 7.38. The monoisotopic (exact) mass is 102 g/mol. The summed E-state index contributed by atoms with van der Waals surface area (Å²) in [6.07, 6.45) is 4.49. The molecule has 0 aromatic carbocycles. The van der Waals surface area contributed by atoms with Crippen LogP contribution in [0.4, 0.5) is 0 Å². The quantitative estimate of drug-likeness (QED) is 0.290. The molecule has 0 aliphatic rings. The van der Waals surface area contributed by atoms with E-state index in [2.05, 4.69) is 13.5 Å². The molecule has 0 heterocycles. The van der Waals surface area contributed by atoms with E-state index >= 15 is 0 Å². The molecule has 0 spiro atoms. The van der Waals surface area contributed by atoms with Crippen LogP contribution in [0.1, 0.15) is 6.92 Å². The van der Waals surface area contributed by atoms with Crippen molar-refractivity contribution in [2.45, 2.75) is 6.92 Å². The molecule has 0 nitrogen and oxygen atoms in total. The first-order chi connectivity index (χ1) is 2.91. The molecule has 6 heavy (non-hydrogen) atoms. The Kier molecular flexibility index (Phi) is 5.32. The van der Waals surface area contributed by atoms with Gasteiger partial charge in [0.2, 0.25) is 0 Å². The molecule has 0 aromatic heterocycles. The Morgan fingerprint density at radius 1 is 1.83 bits per heavy atom. The fourth-order valence-corrected chi connectivity index (χ4v) is 0.739. The van der Waals surface area contributed by atoms with E-state index in [9.17, 15) is 0 Å². The van der Waals surface area contributed by atoms with E-state index in [0.717, 1.165) is 8.58 Å². The van der Waals surface area contributed by atoms with Gasteiger partial charge in [0.1, 0.15) is 0 Å². The summed E-state index contributed by atoms with van der Waals surface area (Å²) >= 11 is 0. The Labute approximate surface area is 41.4 Å². The molecule has 0 aliphatic heterocycles. The molecular weight excluding hydrogens is 91.0 g/mol. The van der Waals surface area contributed by atoms with Crippen molar-refractivity contribution in [2.75, 3.05) is 12.3 Å². The second kappa shape index (κ2) is 5.17. The molecule has 0 saturated carbocycles. The Hall–Kier alpha value is 0.170. The van der Waals surface area contributed by atoms with Crippen LogP contribution in [0.15, 0.2) is 12.7 Å². The summed E-state index contributed by atoms with van der Waals surface area (Å²) in [5.74, 6) is 0. The summed E-state index contributed by atoms with van der Waals surface area (Å²) in [7, 11) is 1.10. The first kappa shape index (κ1) is 6.17. The maximum Gasteiger partial charge on any atom is -0.0175 e. The van der Waals surface area contributed by atoms with E-state index < -0.39 is 0 Å². The van der Waals surface area contributed by atoms with Gasteiger partial charge in [0.25, 0.3) is 0 Å². The van der Waals surface area contributed by atoms with Gasteiger partial charge in [-0.3, -0.25) is 0 Å². The smallest absolute Gasteiger partial charge is 0.0175 e. The molecule has 36 valence electrons. The molecule has 0 bridgehead atoms. The molecule has 0 saturated heterocycles. The summed E-state index contributed by atoms with van der Waals surface area (Å²) in [6, 6.07) is 0. The van der Waals surface area contributed by atoms with Crippen LogP contribution in [0.3, 0.4) is 0 Å². The van der Waals surface area contributed by atoms with Gasteiger partial charge in [-0.1, -0.05) is 13.0 Å². The third-order valence-corrected chi connectivity index (χ3v) is 1.62. The molecular formula is C5H11P. The molecule has 1 atom stereocenters. The number of hydrogen-bond acceptors (Lipinski definition) is 0. The van der Waals surface area contributed by atoms with Crippen molar-refractivity contribution in [3.8, 4) is 0 Å². The van der Waals surface area contributed by atoms with Crippen LogP contribution >= 0.6 is 8.58 Å². The van der Waals surface area contributed by atoms with E-state index in [0.29, 0.717) is 0 Å². The molecule has 1 unspecified atom stereocenters. The zero-order chi connectivity index (χ0) is 4.83. The second-order valence-electron chi connectivity index (χ2n) is 1.10. The van der Waals surface area contributed by atoms with Gasteiger partial charge in [0, 0.05) is 0 Å². The summed E-state index contributed by atoms with van der Waals surface area (Å²) in [6.45, 7) is 5.80. The maximum atomic E-state index is 3.61. The van der Waals surface area contributed by atoms with Gasteiger partial charge < -0.3 is 0 Å². The average Bonchev–Trinajstić information content (AvgIpc) is 1.61. The summed E-state index contributed by atoms with van der Waals surface area (Å²) in [5, 5.41) is 0.